The Morgan fingerprint density at radius 3 is 2.69 bits per heavy atom. The van der Waals surface area contributed by atoms with Gasteiger partial charge in [0.25, 0.3) is 0 Å². The average molecular weight is 220 g/mol. The summed E-state index contributed by atoms with van der Waals surface area (Å²) in [6.07, 6.45) is 5.63. The highest BCUT2D eigenvalue weighted by Gasteiger charge is 2.61. The summed E-state index contributed by atoms with van der Waals surface area (Å²) in [5, 5.41) is 10.5. The molecule has 2 heteroatoms. The minimum Gasteiger partial charge on any atom is -0.392 e. The molecule has 4 aliphatic rings. The van der Waals surface area contributed by atoms with Crippen molar-refractivity contribution in [2.75, 3.05) is 0 Å². The molecule has 4 aliphatic carbocycles. The third-order valence-corrected chi connectivity index (χ3v) is 5.20. The molecule has 0 aliphatic heterocycles. The lowest BCUT2D eigenvalue weighted by atomic mass is 9.55. The Hall–Kier alpha value is -0.630. The van der Waals surface area contributed by atoms with Gasteiger partial charge in [0.05, 0.1) is 6.10 Å². The normalized spacial score (nSPS) is 53.1. The molecule has 2 fully saturated rings. The Balaban J connectivity index is 2.08. The van der Waals surface area contributed by atoms with E-state index in [0.29, 0.717) is 18.1 Å². The van der Waals surface area contributed by atoms with Crippen molar-refractivity contribution >= 4 is 5.78 Å². The van der Waals surface area contributed by atoms with Crippen LogP contribution in [0.2, 0.25) is 0 Å². The lowest BCUT2D eigenvalue weighted by Gasteiger charge is -2.49. The Labute approximate surface area is 96.7 Å². The lowest BCUT2D eigenvalue weighted by molar-refractivity contribution is -0.134. The van der Waals surface area contributed by atoms with Crippen molar-refractivity contribution in [3.8, 4) is 0 Å². The number of carbonyl (C=O) groups excluding carboxylic acids is 1. The number of aliphatic hydroxyl groups is 1. The van der Waals surface area contributed by atoms with Gasteiger partial charge in [-0.3, -0.25) is 4.79 Å². The minimum absolute atomic E-state index is 0.0362. The number of ketones is 1. The van der Waals surface area contributed by atoms with Crippen LogP contribution in [0.4, 0.5) is 0 Å². The van der Waals surface area contributed by atoms with E-state index in [1.165, 1.54) is 0 Å². The summed E-state index contributed by atoms with van der Waals surface area (Å²) in [4.78, 5) is 12.0. The number of hydrogen-bond donors (Lipinski definition) is 1. The summed E-state index contributed by atoms with van der Waals surface area (Å²) in [7, 11) is 0. The molecule has 0 spiro atoms. The third-order valence-electron chi connectivity index (χ3n) is 5.20. The van der Waals surface area contributed by atoms with E-state index >= 15 is 0 Å². The number of allylic oxidation sites excluding steroid dienone is 2. The molecule has 0 saturated heterocycles. The number of aliphatic hydroxyl groups excluding tert-OH is 1. The number of hydrogen-bond acceptors (Lipinski definition) is 2. The molecule has 1 N–H and O–H groups in total. The molecule has 4 unspecified atom stereocenters. The first-order valence-corrected chi connectivity index (χ1v) is 6.25. The van der Waals surface area contributed by atoms with Crippen molar-refractivity contribution in [1.29, 1.82) is 0 Å². The largest absolute Gasteiger partial charge is 0.392 e. The van der Waals surface area contributed by atoms with Crippen molar-refractivity contribution in [2.45, 2.75) is 39.7 Å². The summed E-state index contributed by atoms with van der Waals surface area (Å²) in [5.74, 6) is 1.14. The molecule has 88 valence electrons. The highest BCUT2D eigenvalue weighted by atomic mass is 16.3. The van der Waals surface area contributed by atoms with Crippen molar-refractivity contribution in [1.82, 2.24) is 0 Å². The standard InChI is InChI=1S/C14H20O2/c1-13(2)6-9-8-4-5-14(3,7-10(8)15)11(9)12(13)16/h4-5,8-9,11-12,16H,6-7H2,1-3H3/t8?,9?,11?,12-,14?/m1/s1. The maximum Gasteiger partial charge on any atom is 0.140 e. The first-order chi connectivity index (χ1) is 7.35. The van der Waals surface area contributed by atoms with Gasteiger partial charge < -0.3 is 5.11 Å². The van der Waals surface area contributed by atoms with Gasteiger partial charge in [-0.05, 0) is 29.1 Å². The SMILES string of the molecule is CC12C=CC(C(=O)C1)C1CC(C)(C)[C@H](O)C12. The molecule has 0 aromatic carbocycles. The zero-order valence-corrected chi connectivity index (χ0v) is 10.2. The van der Waals surface area contributed by atoms with Crippen LogP contribution >= 0.6 is 0 Å². The van der Waals surface area contributed by atoms with E-state index < -0.39 is 0 Å². The lowest BCUT2D eigenvalue weighted by Crippen LogP contribution is -2.50. The predicted molar refractivity (Wildman–Crippen MR) is 61.7 cm³/mol. The molecule has 2 bridgehead atoms. The van der Waals surface area contributed by atoms with Crippen LogP contribution < -0.4 is 0 Å². The fraction of sp³-hybridized carbons (Fsp3) is 0.786. The number of fused-ring (bicyclic) bond motifs is 1. The topological polar surface area (TPSA) is 37.3 Å². The second-order valence-electron chi connectivity index (χ2n) is 6.86. The zero-order chi connectivity index (χ0) is 11.7. The fourth-order valence-electron chi connectivity index (χ4n) is 4.37. The molecule has 2 saturated carbocycles. The second-order valence-corrected chi connectivity index (χ2v) is 6.86. The fourth-order valence-corrected chi connectivity index (χ4v) is 4.37. The molecule has 0 radical (unpaired) electrons. The minimum atomic E-state index is -0.261. The van der Waals surface area contributed by atoms with Crippen LogP contribution in [-0.2, 0) is 4.79 Å². The van der Waals surface area contributed by atoms with Crippen molar-refractivity contribution in [2.24, 2.45) is 28.6 Å². The second kappa shape index (κ2) is 2.79. The summed E-state index contributed by atoms with van der Waals surface area (Å²) >= 11 is 0. The van der Waals surface area contributed by atoms with E-state index in [4.69, 9.17) is 0 Å². The average Bonchev–Trinajstić information content (AvgIpc) is 2.38. The summed E-state index contributed by atoms with van der Waals surface area (Å²) in [5.41, 5.74) is -0.130. The van der Waals surface area contributed by atoms with E-state index in [0.717, 1.165) is 6.42 Å². The van der Waals surface area contributed by atoms with Crippen LogP contribution in [0.3, 0.4) is 0 Å². The van der Waals surface area contributed by atoms with Gasteiger partial charge in [-0.1, -0.05) is 32.9 Å². The van der Waals surface area contributed by atoms with Crippen LogP contribution in [0.1, 0.15) is 33.6 Å². The summed E-state index contributed by atoms with van der Waals surface area (Å²) < 4.78 is 0. The van der Waals surface area contributed by atoms with Gasteiger partial charge in [-0.25, -0.2) is 0 Å². The molecule has 5 atom stereocenters. The molecular weight excluding hydrogens is 200 g/mol. The smallest absolute Gasteiger partial charge is 0.140 e. The van der Waals surface area contributed by atoms with Crippen LogP contribution in [0.15, 0.2) is 12.2 Å². The van der Waals surface area contributed by atoms with Crippen molar-refractivity contribution < 1.29 is 9.90 Å². The van der Waals surface area contributed by atoms with Crippen LogP contribution in [-0.4, -0.2) is 17.0 Å². The molecule has 16 heavy (non-hydrogen) atoms. The Morgan fingerprint density at radius 2 is 2.06 bits per heavy atom. The van der Waals surface area contributed by atoms with Gasteiger partial charge in [0.1, 0.15) is 5.78 Å². The first kappa shape index (κ1) is 10.5. The quantitative estimate of drug-likeness (QED) is 0.635. The number of rotatable bonds is 0. The van der Waals surface area contributed by atoms with E-state index in [2.05, 4.69) is 32.9 Å². The molecule has 0 aromatic heterocycles. The van der Waals surface area contributed by atoms with E-state index in [-0.39, 0.29) is 28.8 Å². The predicted octanol–water partition coefficient (Wildman–Crippen LogP) is 2.17. The molecule has 0 amide bonds. The zero-order valence-electron chi connectivity index (χ0n) is 10.2. The number of carbonyl (C=O) groups is 1. The van der Waals surface area contributed by atoms with Crippen LogP contribution in [0.25, 0.3) is 0 Å². The highest BCUT2D eigenvalue weighted by Crippen LogP contribution is 2.61. The molecule has 0 aromatic rings. The van der Waals surface area contributed by atoms with Crippen LogP contribution in [0.5, 0.6) is 0 Å². The van der Waals surface area contributed by atoms with Gasteiger partial charge in [-0.15, -0.1) is 0 Å². The van der Waals surface area contributed by atoms with Crippen LogP contribution in [0, 0.1) is 28.6 Å². The van der Waals surface area contributed by atoms with Gasteiger partial charge in [0.15, 0.2) is 0 Å². The summed E-state index contributed by atoms with van der Waals surface area (Å²) in [6.45, 7) is 6.39. The highest BCUT2D eigenvalue weighted by molar-refractivity contribution is 5.86. The third kappa shape index (κ3) is 1.09. The summed E-state index contributed by atoms with van der Waals surface area (Å²) in [6, 6.07) is 0. The molecule has 4 rings (SSSR count). The van der Waals surface area contributed by atoms with Crippen molar-refractivity contribution in [3.05, 3.63) is 12.2 Å². The van der Waals surface area contributed by atoms with E-state index in [1.54, 1.807) is 0 Å². The van der Waals surface area contributed by atoms with Gasteiger partial charge in [-0.2, -0.15) is 0 Å². The number of Topliss-reactive ketones (excluding diaryl/α,β-unsaturated/α-hetero) is 1. The Morgan fingerprint density at radius 1 is 1.38 bits per heavy atom. The molecule has 0 heterocycles. The van der Waals surface area contributed by atoms with Crippen molar-refractivity contribution in [3.63, 3.8) is 0 Å². The first-order valence-electron chi connectivity index (χ1n) is 6.25. The van der Waals surface area contributed by atoms with E-state index in [1.807, 2.05) is 0 Å². The Kier molecular flexibility index (Phi) is 1.83. The van der Waals surface area contributed by atoms with Gasteiger partial charge in [0, 0.05) is 12.3 Å². The van der Waals surface area contributed by atoms with Gasteiger partial charge in [0.2, 0.25) is 0 Å². The maximum absolute atomic E-state index is 12.0. The van der Waals surface area contributed by atoms with Gasteiger partial charge >= 0.3 is 0 Å². The van der Waals surface area contributed by atoms with E-state index in [9.17, 15) is 9.90 Å². The monoisotopic (exact) mass is 220 g/mol. The maximum atomic E-state index is 12.0. The molecular formula is C14H20O2. The molecule has 2 nitrogen and oxygen atoms in total. The Bertz CT molecular complexity index is 382.